The number of aromatic amines is 1. The predicted molar refractivity (Wildman–Crippen MR) is 177 cm³/mol. The van der Waals surface area contributed by atoms with Crippen LogP contribution in [0.25, 0.3) is 22.0 Å². The summed E-state index contributed by atoms with van der Waals surface area (Å²) < 4.78 is 22.0. The highest BCUT2D eigenvalue weighted by molar-refractivity contribution is 5.89. The largest absolute Gasteiger partial charge is 0.493 e. The number of anilines is 1. The number of methoxy groups -OCH3 is 4. The smallest absolute Gasteiger partial charge is 0.328 e. The predicted octanol–water partition coefficient (Wildman–Crippen LogP) is 3.66. The van der Waals surface area contributed by atoms with Gasteiger partial charge < -0.3 is 39.9 Å². The average Bonchev–Trinajstić information content (AvgIpc) is 3.33. The lowest BCUT2D eigenvalue weighted by Gasteiger charge is -2.19. The second-order valence-electron chi connectivity index (χ2n) is 11.2. The number of esters is 1. The molecule has 246 valence electrons. The van der Waals surface area contributed by atoms with Gasteiger partial charge in [0.2, 0.25) is 23.0 Å². The normalized spacial score (nSPS) is 14.1. The fourth-order valence-electron chi connectivity index (χ4n) is 6.13. The number of ether oxygens (including phenoxy) is 4. The minimum Gasteiger partial charge on any atom is -0.493 e. The minimum atomic E-state index is -0.947. The molecule has 1 aromatic heterocycles. The number of rotatable bonds is 11. The van der Waals surface area contributed by atoms with Crippen LogP contribution in [0.5, 0.6) is 17.2 Å². The number of fused-ring (bicyclic) bond motifs is 4. The maximum absolute atomic E-state index is 13.6. The number of amides is 2. The van der Waals surface area contributed by atoms with Crippen molar-refractivity contribution in [3.05, 3.63) is 81.6 Å². The summed E-state index contributed by atoms with van der Waals surface area (Å²) in [5, 5.41) is 9.57. The van der Waals surface area contributed by atoms with Crippen LogP contribution in [0, 0.1) is 0 Å². The van der Waals surface area contributed by atoms with Gasteiger partial charge >= 0.3 is 5.97 Å². The molecular formula is C35H38N4O8. The van der Waals surface area contributed by atoms with Gasteiger partial charge in [0.25, 0.3) is 0 Å². The molecule has 12 heteroatoms. The second-order valence-corrected chi connectivity index (χ2v) is 11.2. The van der Waals surface area contributed by atoms with Crippen LogP contribution in [0.4, 0.5) is 5.69 Å². The summed E-state index contributed by atoms with van der Waals surface area (Å²) in [6.45, 7) is 1.14. The quantitative estimate of drug-likeness (QED) is 0.179. The Bertz CT molecular complexity index is 1890. The minimum absolute atomic E-state index is 0.155. The Kier molecular flexibility index (Phi) is 9.98. The summed E-state index contributed by atoms with van der Waals surface area (Å²) in [5.74, 6) is -0.0107. The van der Waals surface area contributed by atoms with Gasteiger partial charge in [0.15, 0.2) is 11.5 Å². The third kappa shape index (κ3) is 6.86. The summed E-state index contributed by atoms with van der Waals surface area (Å²) in [5.41, 5.74) is 4.39. The summed E-state index contributed by atoms with van der Waals surface area (Å²) in [7, 11) is 5.85. The van der Waals surface area contributed by atoms with E-state index < -0.39 is 24.0 Å². The lowest BCUT2D eigenvalue weighted by Crippen LogP contribution is -2.45. The van der Waals surface area contributed by atoms with Gasteiger partial charge in [-0.2, -0.15) is 0 Å². The van der Waals surface area contributed by atoms with E-state index in [1.807, 2.05) is 30.3 Å². The molecule has 2 amide bonds. The summed E-state index contributed by atoms with van der Waals surface area (Å²) >= 11 is 0. The molecule has 0 bridgehead atoms. The number of hydrogen-bond acceptors (Lipinski definition) is 9. The van der Waals surface area contributed by atoms with Gasteiger partial charge in [-0.15, -0.1) is 0 Å². The molecule has 3 aromatic carbocycles. The van der Waals surface area contributed by atoms with Crippen molar-refractivity contribution in [2.24, 2.45) is 0 Å². The Hall–Kier alpha value is -5.52. The van der Waals surface area contributed by atoms with Gasteiger partial charge in [0, 0.05) is 36.0 Å². The Balaban J connectivity index is 1.45. The molecule has 1 aliphatic rings. The van der Waals surface area contributed by atoms with Crippen molar-refractivity contribution in [1.82, 2.24) is 15.6 Å². The van der Waals surface area contributed by atoms with Gasteiger partial charge in [0.05, 0.1) is 46.7 Å². The molecule has 5 rings (SSSR count). The highest BCUT2D eigenvalue weighted by Gasteiger charge is 2.30. The molecule has 2 atom stereocenters. The Morgan fingerprint density at radius 3 is 2.45 bits per heavy atom. The van der Waals surface area contributed by atoms with E-state index in [9.17, 15) is 19.2 Å². The maximum Gasteiger partial charge on any atom is 0.328 e. The van der Waals surface area contributed by atoms with Crippen molar-refractivity contribution in [3.63, 3.8) is 0 Å². The molecular weight excluding hydrogens is 604 g/mol. The lowest BCUT2D eigenvalue weighted by atomic mass is 9.95. The Labute approximate surface area is 271 Å². The molecule has 0 aliphatic heterocycles. The van der Waals surface area contributed by atoms with Gasteiger partial charge in [-0.1, -0.05) is 24.3 Å². The highest BCUT2D eigenvalue weighted by atomic mass is 16.5. The van der Waals surface area contributed by atoms with Crippen molar-refractivity contribution < 1.29 is 33.3 Å². The SMILES string of the molecule is COC(=O)[C@@H](Cc1c[nH]c2ccccc12)NC(=O)CNc1ccc2c(cc1=O)[C@H](NC(C)=O)CCc1cc(OC)c(OC)c(OC)c1-2. The van der Waals surface area contributed by atoms with Crippen LogP contribution in [-0.2, 0) is 32.0 Å². The average molecular weight is 643 g/mol. The molecule has 0 unspecified atom stereocenters. The fraction of sp³-hybridized carbons (Fsp3) is 0.314. The third-order valence-corrected chi connectivity index (χ3v) is 8.28. The van der Waals surface area contributed by atoms with Crippen LogP contribution in [0.3, 0.4) is 0 Å². The Morgan fingerprint density at radius 1 is 0.979 bits per heavy atom. The molecule has 0 saturated heterocycles. The number of H-pyrrole nitrogens is 1. The Morgan fingerprint density at radius 2 is 1.74 bits per heavy atom. The van der Waals surface area contributed by atoms with Crippen molar-refractivity contribution in [2.45, 2.75) is 38.3 Å². The molecule has 1 aliphatic carbocycles. The number of nitrogens with one attached hydrogen (secondary N) is 4. The van der Waals surface area contributed by atoms with Crippen LogP contribution in [0.1, 0.15) is 36.1 Å². The number of aromatic nitrogens is 1. The van der Waals surface area contributed by atoms with Crippen molar-refractivity contribution in [2.75, 3.05) is 40.3 Å². The van der Waals surface area contributed by atoms with Gasteiger partial charge in [-0.3, -0.25) is 14.4 Å². The number of aryl methyl sites for hydroxylation is 1. The summed E-state index contributed by atoms with van der Waals surface area (Å²) in [6, 6.07) is 12.9. The molecule has 12 nitrogen and oxygen atoms in total. The van der Waals surface area contributed by atoms with Gasteiger partial charge in [-0.05, 0) is 59.4 Å². The second kappa shape index (κ2) is 14.3. The number of para-hydroxylation sites is 1. The molecule has 47 heavy (non-hydrogen) atoms. The van der Waals surface area contributed by atoms with Gasteiger partial charge in [-0.25, -0.2) is 4.79 Å². The van der Waals surface area contributed by atoms with Crippen LogP contribution in [0.15, 0.2) is 59.5 Å². The van der Waals surface area contributed by atoms with Crippen LogP contribution < -0.4 is 35.6 Å². The van der Waals surface area contributed by atoms with Crippen LogP contribution >= 0.6 is 0 Å². The molecule has 4 aromatic rings. The van der Waals surface area contributed by atoms with E-state index in [1.54, 1.807) is 25.4 Å². The number of benzene rings is 2. The standard InChI is InChI=1S/C35H38N4O8/c1-19(40)38-26-12-10-20-15-30(44-2)33(45-3)34(46-4)32(20)23-11-13-27(29(41)16-24(23)26)37-18-31(42)39-28(35(43)47-5)14-21-17-36-25-9-7-6-8-22(21)25/h6-9,11,13,15-17,26,28,36H,10,12,14,18H2,1-5H3,(H,37,41)(H,38,40)(H,39,42)/t26-,28-/m1/s1. The van der Waals surface area contributed by atoms with Gasteiger partial charge in [0.1, 0.15) is 6.04 Å². The first-order valence-corrected chi connectivity index (χ1v) is 15.1. The monoisotopic (exact) mass is 642 g/mol. The molecule has 0 saturated carbocycles. The van der Waals surface area contributed by atoms with E-state index in [2.05, 4.69) is 20.9 Å². The van der Waals surface area contributed by atoms with Crippen LogP contribution in [0.2, 0.25) is 0 Å². The van der Waals surface area contributed by atoms with E-state index in [4.69, 9.17) is 18.9 Å². The van der Waals surface area contributed by atoms with E-state index in [0.717, 1.165) is 22.0 Å². The molecule has 0 radical (unpaired) electrons. The first-order chi connectivity index (χ1) is 22.7. The zero-order valence-electron chi connectivity index (χ0n) is 26.9. The first kappa shape index (κ1) is 32.9. The molecule has 4 N–H and O–H groups in total. The molecule has 1 heterocycles. The third-order valence-electron chi connectivity index (χ3n) is 8.28. The van der Waals surface area contributed by atoms with Crippen molar-refractivity contribution in [3.8, 4) is 28.4 Å². The topological polar surface area (TPSA) is 157 Å². The van der Waals surface area contributed by atoms with E-state index in [-0.39, 0.29) is 30.0 Å². The van der Waals surface area contributed by atoms with Crippen LogP contribution in [-0.4, -0.2) is 63.8 Å². The zero-order valence-corrected chi connectivity index (χ0v) is 26.9. The zero-order chi connectivity index (χ0) is 33.7. The summed E-state index contributed by atoms with van der Waals surface area (Å²) in [6.07, 6.45) is 3.09. The molecule has 0 fully saturated rings. The molecule has 0 spiro atoms. The highest BCUT2D eigenvalue weighted by Crippen LogP contribution is 2.50. The fourth-order valence-corrected chi connectivity index (χ4v) is 6.13. The number of carbonyl (C=O) groups excluding carboxylic acids is 3. The van der Waals surface area contributed by atoms with E-state index in [1.165, 1.54) is 34.3 Å². The maximum atomic E-state index is 13.6. The van der Waals surface area contributed by atoms with E-state index in [0.29, 0.717) is 46.8 Å². The first-order valence-electron chi connectivity index (χ1n) is 15.1. The lowest BCUT2D eigenvalue weighted by molar-refractivity contribution is -0.144. The van der Waals surface area contributed by atoms with Crippen molar-refractivity contribution in [1.29, 1.82) is 0 Å². The summed E-state index contributed by atoms with van der Waals surface area (Å²) in [4.78, 5) is 54.7. The number of carbonyl (C=O) groups is 3. The van der Waals surface area contributed by atoms with Crippen molar-refractivity contribution >= 4 is 34.4 Å². The van der Waals surface area contributed by atoms with E-state index >= 15 is 0 Å². The number of hydrogen-bond donors (Lipinski definition) is 4.